The molecule has 1 saturated carbocycles. The fourth-order valence-corrected chi connectivity index (χ4v) is 3.10. The van der Waals surface area contributed by atoms with Crippen molar-refractivity contribution >= 4 is 17.8 Å². The fraction of sp³-hybridized carbons (Fsp3) is 0.438. The number of rotatable bonds is 5. The molecule has 2 aliphatic rings. The van der Waals surface area contributed by atoms with E-state index >= 15 is 0 Å². The Labute approximate surface area is 127 Å². The standard InChI is InChI=1S/C16H17NO5/c1-22-12-6-2-10(3-7-12)16(9-14(19)20)8-13(18)17(15(16)21)11-4-5-11/h2-3,6-7,11H,4-5,8-9H2,1H3,(H,19,20)/t16-/m0/s1. The van der Waals surface area contributed by atoms with E-state index in [2.05, 4.69) is 0 Å². The maximum absolute atomic E-state index is 12.8. The minimum absolute atomic E-state index is 0.0473. The summed E-state index contributed by atoms with van der Waals surface area (Å²) in [7, 11) is 1.53. The van der Waals surface area contributed by atoms with Gasteiger partial charge in [0.1, 0.15) is 5.75 Å². The average molecular weight is 303 g/mol. The maximum atomic E-state index is 12.8. The summed E-state index contributed by atoms with van der Waals surface area (Å²) >= 11 is 0. The van der Waals surface area contributed by atoms with Crippen LogP contribution in [0.3, 0.4) is 0 Å². The second-order valence-corrected chi connectivity index (χ2v) is 5.86. The largest absolute Gasteiger partial charge is 0.497 e. The fourth-order valence-electron chi connectivity index (χ4n) is 3.10. The Morgan fingerprint density at radius 2 is 1.95 bits per heavy atom. The van der Waals surface area contributed by atoms with Crippen LogP contribution in [-0.2, 0) is 19.8 Å². The highest BCUT2D eigenvalue weighted by Gasteiger charge is 2.57. The van der Waals surface area contributed by atoms with Crippen molar-refractivity contribution in [3.8, 4) is 5.75 Å². The molecule has 1 atom stereocenters. The Bertz CT molecular complexity index is 634. The zero-order chi connectivity index (χ0) is 15.9. The van der Waals surface area contributed by atoms with E-state index in [0.717, 1.165) is 12.8 Å². The Hall–Kier alpha value is -2.37. The molecule has 0 aromatic heterocycles. The smallest absolute Gasteiger partial charge is 0.304 e. The summed E-state index contributed by atoms with van der Waals surface area (Å²) in [5.41, 5.74) is -0.741. The molecular formula is C16H17NO5. The van der Waals surface area contributed by atoms with Gasteiger partial charge in [0.05, 0.1) is 18.9 Å². The van der Waals surface area contributed by atoms with Crippen molar-refractivity contribution < 1.29 is 24.2 Å². The number of amides is 2. The Balaban J connectivity index is 2.02. The number of likely N-dealkylation sites (tertiary alicyclic amines) is 1. The van der Waals surface area contributed by atoms with Gasteiger partial charge >= 0.3 is 5.97 Å². The third-order valence-electron chi connectivity index (χ3n) is 4.36. The van der Waals surface area contributed by atoms with Gasteiger partial charge in [0.2, 0.25) is 11.8 Å². The van der Waals surface area contributed by atoms with Gasteiger partial charge in [-0.15, -0.1) is 0 Å². The summed E-state index contributed by atoms with van der Waals surface area (Å²) in [5.74, 6) is -1.13. The van der Waals surface area contributed by atoms with Crippen molar-refractivity contribution in [1.29, 1.82) is 0 Å². The van der Waals surface area contributed by atoms with Gasteiger partial charge in [-0.25, -0.2) is 0 Å². The molecule has 1 heterocycles. The van der Waals surface area contributed by atoms with Crippen molar-refractivity contribution in [3.05, 3.63) is 29.8 Å². The van der Waals surface area contributed by atoms with Crippen molar-refractivity contribution in [2.75, 3.05) is 7.11 Å². The molecule has 0 radical (unpaired) electrons. The summed E-state index contributed by atoms with van der Waals surface area (Å²) < 4.78 is 5.08. The number of carboxylic acid groups (broad SMARTS) is 1. The minimum atomic E-state index is -1.29. The Morgan fingerprint density at radius 3 is 2.45 bits per heavy atom. The van der Waals surface area contributed by atoms with Gasteiger partial charge in [-0.1, -0.05) is 12.1 Å². The molecule has 6 nitrogen and oxygen atoms in total. The number of hydrogen-bond donors (Lipinski definition) is 1. The summed E-state index contributed by atoms with van der Waals surface area (Å²) in [4.78, 5) is 37.6. The van der Waals surface area contributed by atoms with Gasteiger partial charge in [0, 0.05) is 12.5 Å². The number of aliphatic carboxylic acids is 1. The van der Waals surface area contributed by atoms with Gasteiger partial charge in [-0.3, -0.25) is 19.3 Å². The van der Waals surface area contributed by atoms with Crippen molar-refractivity contribution in [2.24, 2.45) is 0 Å². The lowest BCUT2D eigenvalue weighted by atomic mass is 9.76. The lowest BCUT2D eigenvalue weighted by Gasteiger charge is -2.26. The highest BCUT2D eigenvalue weighted by molar-refractivity contribution is 6.10. The first-order chi connectivity index (χ1) is 10.5. The summed E-state index contributed by atoms with van der Waals surface area (Å²) in [6.07, 6.45) is 1.15. The SMILES string of the molecule is COc1ccc([C@@]2(CC(=O)O)CC(=O)N(C3CC3)C2=O)cc1. The van der Waals surface area contributed by atoms with E-state index in [1.54, 1.807) is 24.3 Å². The molecule has 0 spiro atoms. The van der Waals surface area contributed by atoms with E-state index in [4.69, 9.17) is 4.74 Å². The molecule has 6 heteroatoms. The molecule has 1 saturated heterocycles. The minimum Gasteiger partial charge on any atom is -0.497 e. The highest BCUT2D eigenvalue weighted by Crippen LogP contribution is 2.44. The van der Waals surface area contributed by atoms with Crippen molar-refractivity contribution in [2.45, 2.75) is 37.1 Å². The molecule has 22 heavy (non-hydrogen) atoms. The zero-order valence-electron chi connectivity index (χ0n) is 12.2. The molecular weight excluding hydrogens is 286 g/mol. The van der Waals surface area contributed by atoms with Crippen molar-refractivity contribution in [3.63, 3.8) is 0 Å². The summed E-state index contributed by atoms with van der Waals surface area (Å²) in [5, 5.41) is 9.24. The van der Waals surface area contributed by atoms with Crippen LogP contribution in [-0.4, -0.2) is 40.9 Å². The Kier molecular flexibility index (Phi) is 3.39. The molecule has 0 unspecified atom stereocenters. The maximum Gasteiger partial charge on any atom is 0.304 e. The zero-order valence-corrected chi connectivity index (χ0v) is 12.2. The van der Waals surface area contributed by atoms with E-state index in [0.29, 0.717) is 11.3 Å². The van der Waals surface area contributed by atoms with Crippen molar-refractivity contribution in [1.82, 2.24) is 4.90 Å². The highest BCUT2D eigenvalue weighted by atomic mass is 16.5. The summed E-state index contributed by atoms with van der Waals surface area (Å²) in [6.45, 7) is 0. The van der Waals surface area contributed by atoms with Crippen LogP contribution in [0.5, 0.6) is 5.75 Å². The number of ether oxygens (including phenoxy) is 1. The average Bonchev–Trinajstić information content (AvgIpc) is 3.27. The lowest BCUT2D eigenvalue weighted by molar-refractivity contribution is -0.145. The number of methoxy groups -OCH3 is 1. The normalized spacial score (nSPS) is 24.7. The van der Waals surface area contributed by atoms with Crippen LogP contribution < -0.4 is 4.74 Å². The number of imide groups is 1. The van der Waals surface area contributed by atoms with Crippen LogP contribution in [0.1, 0.15) is 31.2 Å². The van der Waals surface area contributed by atoms with Crippen LogP contribution in [0.15, 0.2) is 24.3 Å². The van der Waals surface area contributed by atoms with E-state index in [1.807, 2.05) is 0 Å². The number of nitrogens with zero attached hydrogens (tertiary/aromatic N) is 1. The third-order valence-corrected chi connectivity index (χ3v) is 4.36. The molecule has 116 valence electrons. The van der Waals surface area contributed by atoms with Crippen LogP contribution in [0.25, 0.3) is 0 Å². The second kappa shape index (κ2) is 5.12. The molecule has 1 aromatic rings. The van der Waals surface area contributed by atoms with Crippen LogP contribution in [0.2, 0.25) is 0 Å². The molecule has 1 N–H and O–H groups in total. The molecule has 1 aromatic carbocycles. The van der Waals surface area contributed by atoms with Gasteiger partial charge in [0.15, 0.2) is 0 Å². The molecule has 2 fully saturated rings. The predicted molar refractivity (Wildman–Crippen MR) is 76.4 cm³/mol. The second-order valence-electron chi connectivity index (χ2n) is 5.86. The van der Waals surface area contributed by atoms with Gasteiger partial charge in [0.25, 0.3) is 0 Å². The first-order valence-corrected chi connectivity index (χ1v) is 7.21. The van der Waals surface area contributed by atoms with Crippen LogP contribution >= 0.6 is 0 Å². The molecule has 1 aliphatic heterocycles. The number of benzene rings is 1. The van der Waals surface area contributed by atoms with Gasteiger partial charge < -0.3 is 9.84 Å². The first kappa shape index (κ1) is 14.6. The monoisotopic (exact) mass is 303 g/mol. The number of carbonyl (C=O) groups excluding carboxylic acids is 2. The van der Waals surface area contributed by atoms with Crippen LogP contribution in [0, 0.1) is 0 Å². The summed E-state index contributed by atoms with van der Waals surface area (Å²) in [6, 6.07) is 6.65. The van der Waals surface area contributed by atoms with E-state index in [9.17, 15) is 19.5 Å². The van der Waals surface area contributed by atoms with Gasteiger partial charge in [-0.05, 0) is 30.5 Å². The number of hydrogen-bond acceptors (Lipinski definition) is 4. The number of carbonyl (C=O) groups is 3. The topological polar surface area (TPSA) is 83.9 Å². The van der Waals surface area contributed by atoms with E-state index < -0.39 is 11.4 Å². The predicted octanol–water partition coefficient (Wildman–Crippen LogP) is 1.33. The molecule has 3 rings (SSSR count). The Morgan fingerprint density at radius 1 is 1.32 bits per heavy atom. The lowest BCUT2D eigenvalue weighted by Crippen LogP contribution is -2.41. The quantitative estimate of drug-likeness (QED) is 0.830. The number of carboxylic acids is 1. The molecule has 0 bridgehead atoms. The molecule has 1 aliphatic carbocycles. The molecule has 2 amide bonds. The van der Waals surface area contributed by atoms with E-state index in [1.165, 1.54) is 12.0 Å². The van der Waals surface area contributed by atoms with Gasteiger partial charge in [-0.2, -0.15) is 0 Å². The van der Waals surface area contributed by atoms with E-state index in [-0.39, 0.29) is 30.7 Å². The third kappa shape index (κ3) is 2.24. The van der Waals surface area contributed by atoms with Crippen LogP contribution in [0.4, 0.5) is 0 Å². The first-order valence-electron chi connectivity index (χ1n) is 7.21.